The molecular weight excluding hydrogens is 496 g/mol. The number of thiophene rings is 1. The summed E-state index contributed by atoms with van der Waals surface area (Å²) < 4.78 is 25.5. The number of aromatic nitrogens is 3. The Morgan fingerprint density at radius 2 is 1.94 bits per heavy atom. The molecule has 1 atom stereocenters. The van der Waals surface area contributed by atoms with E-state index in [1.807, 2.05) is 37.1 Å². The highest BCUT2D eigenvalue weighted by atomic mass is 32.2. The molecule has 11 heteroatoms. The first kappa shape index (κ1) is 24.3. The second-order valence-electron chi connectivity index (χ2n) is 9.19. The number of benzene rings is 1. The molecule has 2 N–H and O–H groups in total. The van der Waals surface area contributed by atoms with Crippen molar-refractivity contribution in [3.05, 3.63) is 58.5 Å². The standard InChI is InChI=1S/C25H28N6O3S2/c1-16-6-11-22(35-16)25(32)29(2)18-5-4-12-30(14-18)21-13-20(31-23(21)24(26)27-15-28-31)17-7-9-19(10-8-17)36(3,33)34/h6-11,13,15,18H,4-5,12,14H2,1-3H3,(H2,26,27,28)/t18-/m1/s1. The van der Waals surface area contributed by atoms with Crippen molar-refractivity contribution in [1.29, 1.82) is 0 Å². The maximum absolute atomic E-state index is 13.1. The minimum absolute atomic E-state index is 0.0381. The molecule has 0 saturated carbocycles. The molecule has 5 rings (SSSR count). The zero-order valence-electron chi connectivity index (χ0n) is 20.4. The number of likely N-dealkylation sites (N-methyl/N-ethyl adjacent to an activating group) is 1. The lowest BCUT2D eigenvalue weighted by Crippen LogP contribution is -2.48. The van der Waals surface area contributed by atoms with Crippen LogP contribution < -0.4 is 10.6 Å². The second-order valence-corrected chi connectivity index (χ2v) is 12.5. The topological polar surface area (TPSA) is 114 Å². The number of nitrogen functional groups attached to an aromatic ring is 1. The average molecular weight is 525 g/mol. The number of aryl methyl sites for hydroxylation is 1. The molecule has 4 aromatic rings. The maximum atomic E-state index is 13.1. The number of nitrogens with zero attached hydrogens (tertiary/aromatic N) is 5. The first-order valence-corrected chi connectivity index (χ1v) is 14.4. The highest BCUT2D eigenvalue weighted by molar-refractivity contribution is 7.90. The molecule has 1 fully saturated rings. The predicted octanol–water partition coefficient (Wildman–Crippen LogP) is 3.49. The number of amides is 1. The van der Waals surface area contributed by atoms with Gasteiger partial charge in [-0.15, -0.1) is 11.3 Å². The Morgan fingerprint density at radius 1 is 1.19 bits per heavy atom. The van der Waals surface area contributed by atoms with Crippen molar-refractivity contribution in [3.8, 4) is 11.3 Å². The maximum Gasteiger partial charge on any atom is 0.263 e. The van der Waals surface area contributed by atoms with E-state index in [9.17, 15) is 13.2 Å². The van der Waals surface area contributed by atoms with Gasteiger partial charge in [-0.1, -0.05) is 12.1 Å². The van der Waals surface area contributed by atoms with E-state index in [-0.39, 0.29) is 16.8 Å². The molecule has 4 heterocycles. The van der Waals surface area contributed by atoms with Crippen LogP contribution in [-0.2, 0) is 9.84 Å². The summed E-state index contributed by atoms with van der Waals surface area (Å²) in [5, 5.41) is 4.45. The van der Waals surface area contributed by atoms with E-state index in [1.54, 1.807) is 28.8 Å². The highest BCUT2D eigenvalue weighted by Crippen LogP contribution is 2.36. The van der Waals surface area contributed by atoms with Gasteiger partial charge in [0.2, 0.25) is 0 Å². The Hall–Kier alpha value is -3.44. The number of piperidine rings is 1. The quantitative estimate of drug-likeness (QED) is 0.425. The van der Waals surface area contributed by atoms with Crippen LogP contribution in [0.15, 0.2) is 53.7 Å². The minimum atomic E-state index is -3.30. The number of nitrogens with two attached hydrogens (primary N) is 1. The number of rotatable bonds is 5. The van der Waals surface area contributed by atoms with Gasteiger partial charge in [0.15, 0.2) is 15.7 Å². The number of carbonyl (C=O) groups excluding carboxylic acids is 1. The van der Waals surface area contributed by atoms with Crippen molar-refractivity contribution < 1.29 is 13.2 Å². The number of sulfone groups is 1. The first-order valence-electron chi connectivity index (χ1n) is 11.6. The Labute approximate surface area is 214 Å². The fourth-order valence-electron chi connectivity index (χ4n) is 4.75. The van der Waals surface area contributed by atoms with Crippen molar-refractivity contribution in [1.82, 2.24) is 19.5 Å². The number of fused-ring (bicyclic) bond motifs is 1. The van der Waals surface area contributed by atoms with E-state index in [0.717, 1.165) is 46.1 Å². The lowest BCUT2D eigenvalue weighted by Gasteiger charge is -2.38. The molecule has 1 aliphatic heterocycles. The molecule has 36 heavy (non-hydrogen) atoms. The van der Waals surface area contributed by atoms with Gasteiger partial charge >= 0.3 is 0 Å². The van der Waals surface area contributed by atoms with Crippen LogP contribution in [0.4, 0.5) is 11.5 Å². The molecule has 1 saturated heterocycles. The van der Waals surface area contributed by atoms with Gasteiger partial charge < -0.3 is 15.5 Å². The van der Waals surface area contributed by atoms with Crippen molar-refractivity contribution in [3.63, 3.8) is 0 Å². The number of hydrogen-bond donors (Lipinski definition) is 1. The normalized spacial score (nSPS) is 16.4. The van der Waals surface area contributed by atoms with Crippen LogP contribution in [0.2, 0.25) is 0 Å². The predicted molar refractivity (Wildman–Crippen MR) is 142 cm³/mol. The third kappa shape index (κ3) is 4.44. The van der Waals surface area contributed by atoms with Crippen LogP contribution in [0.3, 0.4) is 0 Å². The van der Waals surface area contributed by atoms with Crippen molar-refractivity contribution in [2.75, 3.05) is 37.0 Å². The molecule has 0 bridgehead atoms. The zero-order chi connectivity index (χ0) is 25.6. The van der Waals surface area contributed by atoms with Gasteiger partial charge in [-0.2, -0.15) is 5.10 Å². The van der Waals surface area contributed by atoms with Gasteiger partial charge in [0.25, 0.3) is 5.91 Å². The lowest BCUT2D eigenvalue weighted by molar-refractivity contribution is 0.0722. The number of carbonyl (C=O) groups is 1. The van der Waals surface area contributed by atoms with Crippen LogP contribution in [0.25, 0.3) is 16.8 Å². The van der Waals surface area contributed by atoms with Gasteiger partial charge in [-0.05, 0) is 50.1 Å². The largest absolute Gasteiger partial charge is 0.382 e. The van der Waals surface area contributed by atoms with Gasteiger partial charge in [0.1, 0.15) is 11.8 Å². The van der Waals surface area contributed by atoms with Gasteiger partial charge in [0, 0.05) is 42.9 Å². The lowest BCUT2D eigenvalue weighted by atomic mass is 10.0. The smallest absolute Gasteiger partial charge is 0.263 e. The summed E-state index contributed by atoms with van der Waals surface area (Å²) in [6, 6.07) is 12.7. The fraction of sp³-hybridized carbons (Fsp3) is 0.320. The van der Waals surface area contributed by atoms with Gasteiger partial charge in [-0.25, -0.2) is 17.9 Å². The second kappa shape index (κ2) is 9.21. The summed E-state index contributed by atoms with van der Waals surface area (Å²) in [4.78, 5) is 23.5. The summed E-state index contributed by atoms with van der Waals surface area (Å²) >= 11 is 1.51. The fourth-order valence-corrected chi connectivity index (χ4v) is 6.23. The minimum Gasteiger partial charge on any atom is -0.382 e. The summed E-state index contributed by atoms with van der Waals surface area (Å²) in [6.45, 7) is 3.48. The van der Waals surface area contributed by atoms with Gasteiger partial charge in [-0.3, -0.25) is 4.79 Å². The van der Waals surface area contributed by atoms with E-state index >= 15 is 0 Å². The summed E-state index contributed by atoms with van der Waals surface area (Å²) in [7, 11) is -1.42. The Kier molecular flexibility index (Phi) is 6.21. The average Bonchev–Trinajstić information content (AvgIpc) is 3.47. The molecule has 0 unspecified atom stereocenters. The molecule has 1 amide bonds. The molecule has 3 aromatic heterocycles. The first-order chi connectivity index (χ1) is 17.1. The molecule has 9 nitrogen and oxygen atoms in total. The van der Waals surface area contributed by atoms with E-state index in [4.69, 9.17) is 5.73 Å². The third-order valence-electron chi connectivity index (χ3n) is 6.70. The van der Waals surface area contributed by atoms with E-state index < -0.39 is 9.84 Å². The van der Waals surface area contributed by atoms with Crippen molar-refractivity contribution >= 4 is 44.1 Å². The summed E-state index contributed by atoms with van der Waals surface area (Å²) in [6.07, 6.45) is 4.44. The van der Waals surface area contributed by atoms with Crippen LogP contribution >= 0.6 is 11.3 Å². The van der Waals surface area contributed by atoms with Crippen LogP contribution in [0, 0.1) is 6.92 Å². The molecule has 0 aliphatic carbocycles. The Bertz CT molecular complexity index is 1540. The van der Waals surface area contributed by atoms with Crippen LogP contribution in [0.5, 0.6) is 0 Å². The van der Waals surface area contributed by atoms with Crippen molar-refractivity contribution in [2.45, 2.75) is 30.7 Å². The van der Waals surface area contributed by atoms with E-state index in [0.29, 0.717) is 17.9 Å². The highest BCUT2D eigenvalue weighted by Gasteiger charge is 2.30. The molecular formula is C25H28N6O3S2. The molecule has 0 radical (unpaired) electrons. The van der Waals surface area contributed by atoms with Crippen molar-refractivity contribution in [2.24, 2.45) is 0 Å². The molecule has 1 aliphatic rings. The summed E-state index contributed by atoms with van der Waals surface area (Å²) in [5.74, 6) is 0.399. The number of anilines is 2. The Morgan fingerprint density at radius 3 is 2.61 bits per heavy atom. The molecule has 1 aromatic carbocycles. The van der Waals surface area contributed by atoms with Gasteiger partial charge in [0.05, 0.1) is 21.2 Å². The van der Waals surface area contributed by atoms with E-state index in [1.165, 1.54) is 23.9 Å². The third-order valence-corrected chi connectivity index (χ3v) is 8.81. The zero-order valence-corrected chi connectivity index (χ0v) is 22.0. The SMILES string of the molecule is Cc1ccc(C(=O)N(C)[C@@H]2CCCN(c3cc(-c4ccc(S(C)(=O)=O)cc4)n4ncnc(N)c34)C2)s1. The summed E-state index contributed by atoms with van der Waals surface area (Å²) in [5.41, 5.74) is 9.51. The molecule has 0 spiro atoms. The van der Waals surface area contributed by atoms with Crippen LogP contribution in [-0.4, -0.2) is 66.3 Å². The Balaban J connectivity index is 1.49. The number of hydrogen-bond acceptors (Lipinski definition) is 8. The monoisotopic (exact) mass is 524 g/mol. The molecule has 188 valence electrons. The van der Waals surface area contributed by atoms with E-state index in [2.05, 4.69) is 15.0 Å². The van der Waals surface area contributed by atoms with Crippen LogP contribution in [0.1, 0.15) is 27.4 Å².